The van der Waals surface area contributed by atoms with E-state index in [-0.39, 0.29) is 5.56 Å². The van der Waals surface area contributed by atoms with Gasteiger partial charge < -0.3 is 5.32 Å². The predicted molar refractivity (Wildman–Crippen MR) is 78.0 cm³/mol. The summed E-state index contributed by atoms with van der Waals surface area (Å²) in [5.74, 6) is -3.85. The van der Waals surface area contributed by atoms with Crippen molar-refractivity contribution < 1.29 is 13.2 Å². The summed E-state index contributed by atoms with van der Waals surface area (Å²) >= 11 is 6.09. The van der Waals surface area contributed by atoms with Gasteiger partial charge >= 0.3 is 0 Å². The lowest BCUT2D eigenvalue weighted by Gasteiger charge is -2.20. The molecule has 0 amide bonds. The summed E-state index contributed by atoms with van der Waals surface area (Å²) in [6.07, 6.45) is 0. The van der Waals surface area contributed by atoms with Crippen LogP contribution in [0.4, 0.5) is 13.2 Å². The van der Waals surface area contributed by atoms with E-state index >= 15 is 0 Å². The lowest BCUT2D eigenvalue weighted by Crippen LogP contribution is -2.23. The average Bonchev–Trinajstić information content (AvgIpc) is 2.46. The Labute approximate surface area is 126 Å². The summed E-state index contributed by atoms with van der Waals surface area (Å²) in [5.41, 5.74) is 1.63. The zero-order chi connectivity index (χ0) is 15.6. The van der Waals surface area contributed by atoms with Crippen molar-refractivity contribution in [2.24, 2.45) is 0 Å². The van der Waals surface area contributed by atoms with E-state index in [9.17, 15) is 13.2 Å². The Balaban J connectivity index is 2.53. The van der Waals surface area contributed by atoms with Crippen LogP contribution in [0.5, 0.6) is 0 Å². The number of hydrogen-bond acceptors (Lipinski definition) is 1. The number of benzene rings is 2. The molecule has 1 nitrogen and oxygen atoms in total. The first kappa shape index (κ1) is 15.9. The third-order valence-electron chi connectivity index (χ3n) is 3.31. The third-order valence-corrected chi connectivity index (χ3v) is 3.72. The standard InChI is InChI=1S/C16H15ClF3N/c1-3-21-16(10-5-4-9(2)12(17)8-10)11-6-7-13(18)15(20)14(11)19/h4-8,16,21H,3H2,1-2H3. The van der Waals surface area contributed by atoms with E-state index in [1.54, 1.807) is 18.2 Å². The molecule has 1 atom stereocenters. The molecule has 2 aromatic carbocycles. The SMILES string of the molecule is CCNC(c1ccc(C)c(Cl)c1)c1ccc(F)c(F)c1F. The number of hydrogen-bond donors (Lipinski definition) is 1. The van der Waals surface area contributed by atoms with E-state index in [0.717, 1.165) is 11.6 Å². The minimum Gasteiger partial charge on any atom is -0.306 e. The number of aryl methyl sites for hydroxylation is 1. The minimum absolute atomic E-state index is 0.0515. The van der Waals surface area contributed by atoms with Crippen LogP contribution in [0.2, 0.25) is 5.02 Å². The third kappa shape index (κ3) is 3.22. The van der Waals surface area contributed by atoms with Crippen LogP contribution in [0.3, 0.4) is 0 Å². The second-order valence-corrected chi connectivity index (χ2v) is 5.17. The second-order valence-electron chi connectivity index (χ2n) is 4.76. The van der Waals surface area contributed by atoms with Crippen molar-refractivity contribution in [3.8, 4) is 0 Å². The van der Waals surface area contributed by atoms with Gasteiger partial charge in [-0.3, -0.25) is 0 Å². The normalized spacial score (nSPS) is 12.5. The van der Waals surface area contributed by atoms with Crippen molar-refractivity contribution in [3.63, 3.8) is 0 Å². The highest BCUT2D eigenvalue weighted by atomic mass is 35.5. The molecular formula is C16H15ClF3N. The van der Waals surface area contributed by atoms with Gasteiger partial charge in [0, 0.05) is 10.6 Å². The quantitative estimate of drug-likeness (QED) is 0.802. The molecule has 0 aliphatic heterocycles. The summed E-state index contributed by atoms with van der Waals surface area (Å²) in [6.45, 7) is 4.24. The molecule has 1 N–H and O–H groups in total. The molecule has 112 valence electrons. The largest absolute Gasteiger partial charge is 0.306 e. The van der Waals surface area contributed by atoms with Gasteiger partial charge in [0.2, 0.25) is 0 Å². The zero-order valence-electron chi connectivity index (χ0n) is 11.7. The lowest BCUT2D eigenvalue weighted by atomic mass is 9.97. The number of rotatable bonds is 4. The summed E-state index contributed by atoms with van der Waals surface area (Å²) in [4.78, 5) is 0. The Hall–Kier alpha value is -1.52. The Kier molecular flexibility index (Phi) is 4.91. The molecule has 0 aliphatic carbocycles. The molecule has 0 radical (unpaired) electrons. The van der Waals surface area contributed by atoms with E-state index < -0.39 is 23.5 Å². The molecule has 0 aliphatic rings. The monoisotopic (exact) mass is 313 g/mol. The zero-order valence-corrected chi connectivity index (χ0v) is 12.4. The Morgan fingerprint density at radius 1 is 1.10 bits per heavy atom. The minimum atomic E-state index is -1.46. The molecule has 0 saturated carbocycles. The van der Waals surface area contributed by atoms with Crippen LogP contribution in [0, 0.1) is 24.4 Å². The first-order valence-electron chi connectivity index (χ1n) is 6.58. The maximum atomic E-state index is 14.0. The van der Waals surface area contributed by atoms with Crippen LogP contribution in [-0.2, 0) is 0 Å². The first-order valence-corrected chi connectivity index (χ1v) is 6.96. The van der Waals surface area contributed by atoms with E-state index in [0.29, 0.717) is 17.1 Å². The van der Waals surface area contributed by atoms with Crippen molar-refractivity contribution >= 4 is 11.6 Å². The van der Waals surface area contributed by atoms with Crippen LogP contribution < -0.4 is 5.32 Å². The Morgan fingerprint density at radius 2 is 1.81 bits per heavy atom. The van der Waals surface area contributed by atoms with Gasteiger partial charge in [0.25, 0.3) is 0 Å². The average molecular weight is 314 g/mol. The molecule has 0 spiro atoms. The predicted octanol–water partition coefficient (Wildman–Crippen LogP) is 4.76. The molecular weight excluding hydrogens is 299 g/mol. The molecule has 0 fully saturated rings. The van der Waals surface area contributed by atoms with Crippen LogP contribution in [0.25, 0.3) is 0 Å². The van der Waals surface area contributed by atoms with Crippen molar-refractivity contribution in [3.05, 3.63) is 69.5 Å². The lowest BCUT2D eigenvalue weighted by molar-refractivity contribution is 0.433. The van der Waals surface area contributed by atoms with E-state index in [1.807, 2.05) is 13.8 Å². The van der Waals surface area contributed by atoms with Crippen molar-refractivity contribution in [1.29, 1.82) is 0 Å². The van der Waals surface area contributed by atoms with Crippen LogP contribution in [-0.4, -0.2) is 6.54 Å². The van der Waals surface area contributed by atoms with Gasteiger partial charge in [-0.2, -0.15) is 0 Å². The summed E-state index contributed by atoms with van der Waals surface area (Å²) < 4.78 is 40.5. The van der Waals surface area contributed by atoms with E-state index in [2.05, 4.69) is 5.32 Å². The topological polar surface area (TPSA) is 12.0 Å². The fraction of sp³-hybridized carbons (Fsp3) is 0.250. The van der Waals surface area contributed by atoms with Crippen LogP contribution in [0.15, 0.2) is 30.3 Å². The molecule has 2 aromatic rings. The summed E-state index contributed by atoms with van der Waals surface area (Å²) in [7, 11) is 0. The molecule has 0 bridgehead atoms. The van der Waals surface area contributed by atoms with Crippen molar-refractivity contribution in [1.82, 2.24) is 5.32 Å². The van der Waals surface area contributed by atoms with Gasteiger partial charge in [0.15, 0.2) is 17.5 Å². The molecule has 5 heteroatoms. The molecule has 1 unspecified atom stereocenters. The maximum absolute atomic E-state index is 14.0. The highest BCUT2D eigenvalue weighted by Gasteiger charge is 2.22. The fourth-order valence-electron chi connectivity index (χ4n) is 2.16. The Bertz CT molecular complexity index is 658. The van der Waals surface area contributed by atoms with Gasteiger partial charge in [0.1, 0.15) is 0 Å². The van der Waals surface area contributed by atoms with E-state index in [4.69, 9.17) is 11.6 Å². The van der Waals surface area contributed by atoms with Crippen LogP contribution >= 0.6 is 11.6 Å². The highest BCUT2D eigenvalue weighted by Crippen LogP contribution is 2.29. The van der Waals surface area contributed by atoms with Gasteiger partial charge in [-0.1, -0.05) is 36.7 Å². The molecule has 0 heterocycles. The van der Waals surface area contributed by atoms with Gasteiger partial charge in [0.05, 0.1) is 6.04 Å². The van der Waals surface area contributed by atoms with Crippen molar-refractivity contribution in [2.45, 2.75) is 19.9 Å². The van der Waals surface area contributed by atoms with Crippen LogP contribution in [0.1, 0.15) is 29.7 Å². The molecule has 21 heavy (non-hydrogen) atoms. The van der Waals surface area contributed by atoms with Gasteiger partial charge in [-0.25, -0.2) is 13.2 Å². The molecule has 0 saturated heterocycles. The first-order chi connectivity index (χ1) is 9.95. The van der Waals surface area contributed by atoms with Crippen molar-refractivity contribution in [2.75, 3.05) is 6.54 Å². The molecule has 0 aromatic heterocycles. The maximum Gasteiger partial charge on any atom is 0.194 e. The second kappa shape index (κ2) is 6.50. The fourth-order valence-corrected chi connectivity index (χ4v) is 2.35. The highest BCUT2D eigenvalue weighted by molar-refractivity contribution is 6.31. The van der Waals surface area contributed by atoms with Gasteiger partial charge in [-0.05, 0) is 36.7 Å². The molecule has 2 rings (SSSR count). The van der Waals surface area contributed by atoms with Gasteiger partial charge in [-0.15, -0.1) is 0 Å². The Morgan fingerprint density at radius 3 is 2.43 bits per heavy atom. The summed E-state index contributed by atoms with van der Waals surface area (Å²) in [5, 5.41) is 3.60. The summed E-state index contributed by atoms with van der Waals surface area (Å²) in [6, 6.07) is 6.87. The number of nitrogens with one attached hydrogen (secondary N) is 1. The number of halogens is 4. The van der Waals surface area contributed by atoms with E-state index in [1.165, 1.54) is 6.07 Å². The smallest absolute Gasteiger partial charge is 0.194 e.